The molecule has 0 aromatic heterocycles. The first-order chi connectivity index (χ1) is 12.1. The molecule has 1 amide bonds. The first kappa shape index (κ1) is 21.5. The van der Waals surface area contributed by atoms with Gasteiger partial charge in [0.05, 0.1) is 0 Å². The fourth-order valence-corrected chi connectivity index (χ4v) is 4.50. The Labute approximate surface area is 161 Å². The molecule has 0 aliphatic carbocycles. The van der Waals surface area contributed by atoms with Crippen LogP contribution in [-0.2, 0) is 4.74 Å². The molecule has 152 valence electrons. The molecule has 5 nitrogen and oxygen atoms in total. The Morgan fingerprint density at radius 3 is 2.23 bits per heavy atom. The van der Waals surface area contributed by atoms with Crippen LogP contribution in [0.3, 0.4) is 0 Å². The molecule has 2 saturated heterocycles. The van der Waals surface area contributed by atoms with Gasteiger partial charge in [0, 0.05) is 51.4 Å². The number of nitrogens with zero attached hydrogens (tertiary/aromatic N) is 3. The summed E-state index contributed by atoms with van der Waals surface area (Å²) in [6.07, 6.45) is 4.34. The smallest absolute Gasteiger partial charge is 0.410 e. The Morgan fingerprint density at radius 1 is 1.04 bits per heavy atom. The Hall–Kier alpha value is -0.810. The summed E-state index contributed by atoms with van der Waals surface area (Å²) in [6, 6.07) is 0. The lowest BCUT2D eigenvalue weighted by Gasteiger charge is -2.48. The van der Waals surface area contributed by atoms with Gasteiger partial charge >= 0.3 is 6.09 Å². The molecule has 0 N–H and O–H groups in total. The molecule has 0 saturated carbocycles. The van der Waals surface area contributed by atoms with Gasteiger partial charge in [-0.25, -0.2) is 4.79 Å². The largest absolute Gasteiger partial charge is 0.444 e. The molecule has 0 bridgehead atoms. The van der Waals surface area contributed by atoms with Crippen molar-refractivity contribution in [1.29, 1.82) is 0 Å². The zero-order valence-electron chi connectivity index (χ0n) is 18.0. The molecule has 26 heavy (non-hydrogen) atoms. The van der Waals surface area contributed by atoms with Crippen molar-refractivity contribution in [2.45, 2.75) is 78.4 Å². The lowest BCUT2D eigenvalue weighted by molar-refractivity contribution is 0.0112. The number of rotatable bonds is 4. The third-order valence-electron chi connectivity index (χ3n) is 5.89. The van der Waals surface area contributed by atoms with E-state index in [2.05, 4.69) is 30.6 Å². The van der Waals surface area contributed by atoms with E-state index in [-0.39, 0.29) is 11.6 Å². The van der Waals surface area contributed by atoms with Gasteiger partial charge in [0.2, 0.25) is 0 Å². The molecule has 0 spiro atoms. The summed E-state index contributed by atoms with van der Waals surface area (Å²) in [6.45, 7) is 20.3. The number of ether oxygens (including phenoxy) is 1. The Bertz CT molecular complexity index is 453. The summed E-state index contributed by atoms with van der Waals surface area (Å²) in [5, 5.41) is 0. The van der Waals surface area contributed by atoms with Gasteiger partial charge in [-0.1, -0.05) is 20.8 Å². The van der Waals surface area contributed by atoms with E-state index in [0.29, 0.717) is 0 Å². The number of piperazine rings is 1. The first-order valence-corrected chi connectivity index (χ1v) is 10.6. The molecule has 2 rings (SSSR count). The van der Waals surface area contributed by atoms with Crippen LogP contribution in [0.5, 0.6) is 0 Å². The molecule has 2 aliphatic heterocycles. The minimum atomic E-state index is -0.419. The Balaban J connectivity index is 1.94. The van der Waals surface area contributed by atoms with Crippen molar-refractivity contribution in [3.63, 3.8) is 0 Å². The summed E-state index contributed by atoms with van der Waals surface area (Å²) in [4.78, 5) is 19.7. The van der Waals surface area contributed by atoms with Crippen LogP contribution in [0, 0.1) is 5.92 Å². The van der Waals surface area contributed by atoms with Crippen LogP contribution in [-0.4, -0.2) is 77.7 Å². The van der Waals surface area contributed by atoms with Crippen molar-refractivity contribution in [3.05, 3.63) is 0 Å². The van der Waals surface area contributed by atoms with Gasteiger partial charge in [-0.05, 0) is 52.4 Å². The van der Waals surface area contributed by atoms with E-state index in [9.17, 15) is 4.79 Å². The number of carbonyl (C=O) groups excluding carboxylic acids is 1. The zero-order chi connectivity index (χ0) is 19.4. The lowest BCUT2D eigenvalue weighted by Crippen LogP contribution is -2.57. The van der Waals surface area contributed by atoms with Gasteiger partial charge in [-0.15, -0.1) is 0 Å². The highest BCUT2D eigenvalue weighted by molar-refractivity contribution is 5.68. The molecular formula is C21H41N3O2. The highest BCUT2D eigenvalue weighted by Gasteiger charge is 2.39. The van der Waals surface area contributed by atoms with Crippen LogP contribution in [0.15, 0.2) is 0 Å². The van der Waals surface area contributed by atoms with Crippen molar-refractivity contribution < 1.29 is 9.53 Å². The topological polar surface area (TPSA) is 36.0 Å². The number of carbonyl (C=O) groups is 1. The predicted octanol–water partition coefficient (Wildman–Crippen LogP) is 3.83. The predicted molar refractivity (Wildman–Crippen MR) is 108 cm³/mol. The van der Waals surface area contributed by atoms with E-state index in [4.69, 9.17) is 4.74 Å². The molecule has 0 aromatic rings. The molecule has 1 unspecified atom stereocenters. The monoisotopic (exact) mass is 367 g/mol. The van der Waals surface area contributed by atoms with E-state index < -0.39 is 5.60 Å². The third kappa shape index (κ3) is 5.85. The third-order valence-corrected chi connectivity index (χ3v) is 5.89. The maximum absolute atomic E-state index is 12.5. The molecule has 5 heteroatoms. The summed E-state index contributed by atoms with van der Waals surface area (Å²) >= 11 is 0. The van der Waals surface area contributed by atoms with Gasteiger partial charge in [-0.2, -0.15) is 0 Å². The van der Waals surface area contributed by atoms with Gasteiger partial charge in [0.25, 0.3) is 0 Å². The summed E-state index contributed by atoms with van der Waals surface area (Å²) in [7, 11) is 0. The molecule has 2 aliphatic rings. The fourth-order valence-electron chi connectivity index (χ4n) is 4.50. The van der Waals surface area contributed by atoms with Crippen molar-refractivity contribution in [2.24, 2.45) is 5.92 Å². The molecular weight excluding hydrogens is 326 g/mol. The Morgan fingerprint density at radius 2 is 1.69 bits per heavy atom. The van der Waals surface area contributed by atoms with Crippen molar-refractivity contribution in [2.75, 3.05) is 45.8 Å². The summed E-state index contributed by atoms with van der Waals surface area (Å²) in [5.74, 6) is 0.738. The van der Waals surface area contributed by atoms with Crippen LogP contribution < -0.4 is 0 Å². The van der Waals surface area contributed by atoms with E-state index in [0.717, 1.165) is 44.9 Å². The number of likely N-dealkylation sites (tertiary alicyclic amines) is 1. The second-order valence-corrected chi connectivity index (χ2v) is 9.58. The standard InChI is InChI=1S/C21H41N3O2/c1-7-21(24-15-13-22(14-16-24)17-18(2)3)9-8-11-23(12-10-21)19(25)26-20(4,5)6/h18H,7-17H2,1-6H3. The van der Waals surface area contributed by atoms with E-state index in [1.807, 2.05) is 25.7 Å². The van der Waals surface area contributed by atoms with Gasteiger partial charge in [0.15, 0.2) is 0 Å². The van der Waals surface area contributed by atoms with Gasteiger partial charge < -0.3 is 14.5 Å². The molecule has 1 atom stereocenters. The van der Waals surface area contributed by atoms with Crippen molar-refractivity contribution >= 4 is 6.09 Å². The van der Waals surface area contributed by atoms with Crippen LogP contribution in [0.1, 0.15) is 67.2 Å². The number of hydrogen-bond acceptors (Lipinski definition) is 4. The number of amides is 1. The fraction of sp³-hybridized carbons (Fsp3) is 0.952. The van der Waals surface area contributed by atoms with E-state index in [1.54, 1.807) is 0 Å². The molecule has 0 aromatic carbocycles. The maximum atomic E-state index is 12.5. The average Bonchev–Trinajstić information content (AvgIpc) is 2.77. The molecule has 2 heterocycles. The van der Waals surface area contributed by atoms with Crippen LogP contribution in [0.25, 0.3) is 0 Å². The number of hydrogen-bond donors (Lipinski definition) is 0. The highest BCUT2D eigenvalue weighted by Crippen LogP contribution is 2.33. The van der Waals surface area contributed by atoms with E-state index >= 15 is 0 Å². The SMILES string of the molecule is CCC1(N2CCN(CC(C)C)CC2)CCCN(C(=O)OC(C)(C)C)CC1. The first-order valence-electron chi connectivity index (χ1n) is 10.6. The maximum Gasteiger partial charge on any atom is 0.410 e. The van der Waals surface area contributed by atoms with Gasteiger partial charge in [-0.3, -0.25) is 4.90 Å². The summed E-state index contributed by atoms with van der Waals surface area (Å²) in [5.41, 5.74) is -0.168. The van der Waals surface area contributed by atoms with Crippen LogP contribution in [0.4, 0.5) is 4.79 Å². The zero-order valence-corrected chi connectivity index (χ0v) is 18.0. The van der Waals surface area contributed by atoms with Crippen LogP contribution >= 0.6 is 0 Å². The average molecular weight is 368 g/mol. The normalized spacial score (nSPS) is 26.8. The van der Waals surface area contributed by atoms with E-state index in [1.165, 1.54) is 32.5 Å². The molecule has 2 fully saturated rings. The van der Waals surface area contributed by atoms with Crippen molar-refractivity contribution in [3.8, 4) is 0 Å². The lowest BCUT2D eigenvalue weighted by atomic mass is 9.85. The quantitative estimate of drug-likeness (QED) is 0.757. The highest BCUT2D eigenvalue weighted by atomic mass is 16.6. The minimum absolute atomic E-state index is 0.147. The van der Waals surface area contributed by atoms with Crippen LogP contribution in [0.2, 0.25) is 0 Å². The second kappa shape index (κ2) is 8.92. The Kier molecular flexibility index (Phi) is 7.37. The van der Waals surface area contributed by atoms with Gasteiger partial charge in [0.1, 0.15) is 5.60 Å². The minimum Gasteiger partial charge on any atom is -0.444 e. The summed E-state index contributed by atoms with van der Waals surface area (Å²) < 4.78 is 5.60. The molecule has 0 radical (unpaired) electrons. The second-order valence-electron chi connectivity index (χ2n) is 9.58. The van der Waals surface area contributed by atoms with Crippen molar-refractivity contribution in [1.82, 2.24) is 14.7 Å².